The van der Waals surface area contributed by atoms with Crippen LogP contribution in [0.25, 0.3) is 0 Å². The summed E-state index contributed by atoms with van der Waals surface area (Å²) in [6.45, 7) is 10.9. The van der Waals surface area contributed by atoms with Crippen molar-refractivity contribution in [3.05, 3.63) is 56.6 Å². The standard InChI is InChI=1S/C26H30ClNO4/c1-15-6-7-16(2)25(18(15)4)31-14-22(30)28-10-8-26(9-11-28)13-20(29)23-19(5)24(27)17(3)12-21(23)32-26/h6-7,12H,8-11,13-14H2,1-5H3. The Labute approximate surface area is 194 Å². The number of fused-ring (bicyclic) bond motifs is 1. The number of Topliss-reactive ketones (excluding diaryl/α,β-unsaturated/α-hetero) is 1. The van der Waals surface area contributed by atoms with Gasteiger partial charge in [0.1, 0.15) is 17.1 Å². The first-order valence-electron chi connectivity index (χ1n) is 11.1. The molecule has 0 unspecified atom stereocenters. The topological polar surface area (TPSA) is 55.8 Å². The molecule has 0 N–H and O–H groups in total. The maximum absolute atomic E-state index is 13.0. The van der Waals surface area contributed by atoms with Gasteiger partial charge in [-0.1, -0.05) is 23.7 Å². The summed E-state index contributed by atoms with van der Waals surface area (Å²) in [5.41, 5.74) is 4.96. The highest BCUT2D eigenvalue weighted by Crippen LogP contribution is 2.43. The molecule has 0 bridgehead atoms. The number of ketones is 1. The number of rotatable bonds is 3. The van der Waals surface area contributed by atoms with Gasteiger partial charge < -0.3 is 14.4 Å². The Morgan fingerprint density at radius 1 is 1.06 bits per heavy atom. The Balaban J connectivity index is 1.42. The van der Waals surface area contributed by atoms with Crippen molar-refractivity contribution in [2.45, 2.75) is 59.5 Å². The van der Waals surface area contributed by atoms with Crippen LogP contribution >= 0.6 is 11.6 Å². The average molecular weight is 456 g/mol. The normalized spacial score (nSPS) is 17.2. The molecule has 0 atom stereocenters. The smallest absolute Gasteiger partial charge is 0.260 e. The van der Waals surface area contributed by atoms with Crippen LogP contribution < -0.4 is 9.47 Å². The second kappa shape index (κ2) is 8.43. The van der Waals surface area contributed by atoms with Gasteiger partial charge in [-0.05, 0) is 68.5 Å². The Morgan fingerprint density at radius 2 is 1.72 bits per heavy atom. The monoisotopic (exact) mass is 455 g/mol. The van der Waals surface area contributed by atoms with Crippen LogP contribution in [0.3, 0.4) is 0 Å². The molecule has 32 heavy (non-hydrogen) atoms. The van der Waals surface area contributed by atoms with Crippen molar-refractivity contribution < 1.29 is 19.1 Å². The van der Waals surface area contributed by atoms with Gasteiger partial charge in [-0.3, -0.25) is 9.59 Å². The lowest BCUT2D eigenvalue weighted by molar-refractivity contribution is -0.136. The van der Waals surface area contributed by atoms with Gasteiger partial charge >= 0.3 is 0 Å². The number of nitrogens with zero attached hydrogens (tertiary/aromatic N) is 1. The lowest BCUT2D eigenvalue weighted by Crippen LogP contribution is -2.53. The lowest BCUT2D eigenvalue weighted by atomic mass is 9.81. The predicted octanol–water partition coefficient (Wildman–Crippen LogP) is 5.29. The fourth-order valence-electron chi connectivity index (χ4n) is 4.82. The molecule has 2 heterocycles. The Bertz CT molecular complexity index is 1100. The molecule has 2 aliphatic rings. The molecule has 6 heteroatoms. The van der Waals surface area contributed by atoms with E-state index in [4.69, 9.17) is 21.1 Å². The van der Waals surface area contributed by atoms with E-state index >= 15 is 0 Å². The molecule has 5 nitrogen and oxygen atoms in total. The summed E-state index contributed by atoms with van der Waals surface area (Å²) < 4.78 is 12.3. The van der Waals surface area contributed by atoms with Crippen molar-refractivity contribution in [2.24, 2.45) is 0 Å². The predicted molar refractivity (Wildman–Crippen MR) is 125 cm³/mol. The summed E-state index contributed by atoms with van der Waals surface area (Å²) in [6, 6.07) is 5.93. The number of benzene rings is 2. The molecule has 2 aromatic carbocycles. The number of hydrogen-bond donors (Lipinski definition) is 0. The van der Waals surface area contributed by atoms with Gasteiger partial charge in [-0.25, -0.2) is 0 Å². The maximum Gasteiger partial charge on any atom is 0.260 e. The highest BCUT2D eigenvalue weighted by molar-refractivity contribution is 6.32. The molecule has 1 amide bonds. The van der Waals surface area contributed by atoms with Crippen LogP contribution in [0.15, 0.2) is 18.2 Å². The molecule has 1 fully saturated rings. The van der Waals surface area contributed by atoms with Crippen LogP contribution in [0, 0.1) is 34.6 Å². The third kappa shape index (κ3) is 3.99. The Kier molecular flexibility index (Phi) is 5.97. The second-order valence-corrected chi connectivity index (χ2v) is 9.59. The first kappa shape index (κ1) is 22.7. The highest BCUT2D eigenvalue weighted by Gasteiger charge is 2.44. The third-order valence-electron chi connectivity index (χ3n) is 6.97. The number of piperidine rings is 1. The van der Waals surface area contributed by atoms with Crippen LogP contribution in [0.4, 0.5) is 0 Å². The fourth-order valence-corrected chi connectivity index (χ4v) is 4.96. The van der Waals surface area contributed by atoms with Crippen LogP contribution in [-0.4, -0.2) is 41.9 Å². The summed E-state index contributed by atoms with van der Waals surface area (Å²) in [6.07, 6.45) is 1.56. The minimum Gasteiger partial charge on any atom is -0.486 e. The number of ether oxygens (including phenoxy) is 2. The number of hydrogen-bond acceptors (Lipinski definition) is 4. The van der Waals surface area contributed by atoms with E-state index in [2.05, 4.69) is 6.07 Å². The molecular formula is C26H30ClNO4. The molecule has 0 saturated carbocycles. The van der Waals surface area contributed by atoms with Crippen molar-refractivity contribution in [1.82, 2.24) is 4.90 Å². The first-order chi connectivity index (χ1) is 15.1. The van der Waals surface area contributed by atoms with E-state index in [0.29, 0.717) is 48.7 Å². The van der Waals surface area contributed by atoms with Gasteiger partial charge in [-0.15, -0.1) is 0 Å². The summed E-state index contributed by atoms with van der Waals surface area (Å²) in [5.74, 6) is 1.43. The zero-order valence-corrected chi connectivity index (χ0v) is 20.2. The molecule has 2 aliphatic heterocycles. The largest absolute Gasteiger partial charge is 0.486 e. The minimum absolute atomic E-state index is 0.0116. The van der Waals surface area contributed by atoms with Crippen LogP contribution in [0.1, 0.15) is 57.4 Å². The molecule has 0 aromatic heterocycles. The summed E-state index contributed by atoms with van der Waals surface area (Å²) >= 11 is 6.35. The molecule has 2 aromatic rings. The molecule has 0 radical (unpaired) electrons. The van der Waals surface area contributed by atoms with Crippen molar-refractivity contribution in [3.8, 4) is 11.5 Å². The van der Waals surface area contributed by atoms with E-state index in [9.17, 15) is 9.59 Å². The molecule has 1 spiro atoms. The van der Waals surface area contributed by atoms with Crippen molar-refractivity contribution in [1.29, 1.82) is 0 Å². The first-order valence-corrected chi connectivity index (χ1v) is 11.5. The van der Waals surface area contributed by atoms with Crippen molar-refractivity contribution >= 4 is 23.3 Å². The van der Waals surface area contributed by atoms with E-state index in [1.807, 2.05) is 51.7 Å². The Hall–Kier alpha value is -2.53. The number of likely N-dealkylation sites (tertiary alicyclic amines) is 1. The van der Waals surface area contributed by atoms with Crippen LogP contribution in [-0.2, 0) is 4.79 Å². The zero-order chi connectivity index (χ0) is 23.2. The molecule has 0 aliphatic carbocycles. The fraction of sp³-hybridized carbons (Fsp3) is 0.462. The minimum atomic E-state index is -0.557. The van der Waals surface area contributed by atoms with E-state index < -0.39 is 5.60 Å². The van der Waals surface area contributed by atoms with Crippen LogP contribution in [0.2, 0.25) is 5.02 Å². The SMILES string of the molecule is Cc1ccc(C)c(OCC(=O)N2CCC3(CC2)CC(=O)c2c(cc(C)c(Cl)c2C)O3)c1C. The number of halogens is 1. The van der Waals surface area contributed by atoms with Gasteiger partial charge in [0.2, 0.25) is 0 Å². The van der Waals surface area contributed by atoms with Crippen molar-refractivity contribution in [2.75, 3.05) is 19.7 Å². The average Bonchev–Trinajstić information content (AvgIpc) is 2.74. The molecule has 4 rings (SSSR count). The lowest BCUT2D eigenvalue weighted by Gasteiger charge is -2.44. The van der Waals surface area contributed by atoms with Gasteiger partial charge in [0.25, 0.3) is 5.91 Å². The molecular weight excluding hydrogens is 426 g/mol. The van der Waals surface area contributed by atoms with E-state index in [1.54, 1.807) is 0 Å². The van der Waals surface area contributed by atoms with E-state index in [1.165, 1.54) is 0 Å². The zero-order valence-electron chi connectivity index (χ0n) is 19.4. The highest BCUT2D eigenvalue weighted by atomic mass is 35.5. The number of carbonyl (C=O) groups excluding carboxylic acids is 2. The van der Waals surface area contributed by atoms with E-state index in [0.717, 1.165) is 33.6 Å². The quantitative estimate of drug-likeness (QED) is 0.631. The van der Waals surface area contributed by atoms with Gasteiger partial charge in [0.05, 0.1) is 12.0 Å². The van der Waals surface area contributed by atoms with Gasteiger partial charge in [0.15, 0.2) is 12.4 Å². The number of aryl methyl sites for hydroxylation is 3. The van der Waals surface area contributed by atoms with Crippen molar-refractivity contribution in [3.63, 3.8) is 0 Å². The molecule has 170 valence electrons. The van der Waals surface area contributed by atoms with Gasteiger partial charge in [0, 0.05) is 31.0 Å². The Morgan fingerprint density at radius 3 is 2.41 bits per heavy atom. The summed E-state index contributed by atoms with van der Waals surface area (Å²) in [5, 5.41) is 0.621. The van der Waals surface area contributed by atoms with Gasteiger partial charge in [-0.2, -0.15) is 0 Å². The third-order valence-corrected chi connectivity index (χ3v) is 7.55. The maximum atomic E-state index is 13.0. The van der Waals surface area contributed by atoms with Crippen LogP contribution in [0.5, 0.6) is 11.5 Å². The second-order valence-electron chi connectivity index (χ2n) is 9.21. The number of carbonyl (C=O) groups is 2. The number of amides is 1. The summed E-state index contributed by atoms with van der Waals surface area (Å²) in [7, 11) is 0. The molecule has 1 saturated heterocycles. The summed E-state index contributed by atoms with van der Waals surface area (Å²) in [4.78, 5) is 27.6. The van der Waals surface area contributed by atoms with E-state index in [-0.39, 0.29) is 18.3 Å².